The van der Waals surface area contributed by atoms with E-state index in [-0.39, 0.29) is 0 Å². The Morgan fingerprint density at radius 2 is 1.76 bits per heavy atom. The molecule has 0 saturated carbocycles. The van der Waals surface area contributed by atoms with Crippen LogP contribution in [0.4, 0.5) is 0 Å². The number of aromatic nitrogens is 1. The molecule has 0 radical (unpaired) electrons. The minimum Gasteiger partial charge on any atom is -0.264 e. The topological polar surface area (TPSA) is 12.9 Å². The fourth-order valence-corrected chi connectivity index (χ4v) is 2.22. The fourth-order valence-electron chi connectivity index (χ4n) is 2.22. The van der Waals surface area contributed by atoms with Crippen LogP contribution in [0.3, 0.4) is 0 Å². The van der Waals surface area contributed by atoms with Gasteiger partial charge in [0.2, 0.25) is 0 Å². The number of rotatable bonds is 1. The predicted molar refractivity (Wildman–Crippen MR) is 71.9 cm³/mol. The monoisotopic (exact) mass is 219 g/mol. The highest BCUT2D eigenvalue weighted by atomic mass is 14.6. The van der Waals surface area contributed by atoms with Gasteiger partial charge in [0, 0.05) is 17.8 Å². The van der Waals surface area contributed by atoms with E-state index in [1.165, 1.54) is 27.5 Å². The zero-order chi connectivity index (χ0) is 11.7. The van der Waals surface area contributed by atoms with Crippen LogP contribution in [0.25, 0.3) is 21.9 Å². The molecule has 2 aromatic carbocycles. The van der Waals surface area contributed by atoms with Crippen molar-refractivity contribution in [2.45, 2.75) is 6.92 Å². The van der Waals surface area contributed by atoms with Gasteiger partial charge >= 0.3 is 0 Å². The van der Waals surface area contributed by atoms with Crippen LogP contribution in [0.15, 0.2) is 60.9 Å². The summed E-state index contributed by atoms with van der Waals surface area (Å²) in [5.41, 5.74) is 3.81. The molecule has 0 aliphatic rings. The molecular weight excluding hydrogens is 206 g/mol. The largest absolute Gasteiger partial charge is 0.264 e. The molecule has 17 heavy (non-hydrogen) atoms. The molecule has 0 aliphatic heterocycles. The van der Waals surface area contributed by atoms with Crippen molar-refractivity contribution >= 4 is 10.8 Å². The highest BCUT2D eigenvalue weighted by Crippen LogP contribution is 2.29. The van der Waals surface area contributed by atoms with E-state index >= 15 is 0 Å². The molecule has 0 unspecified atom stereocenters. The quantitative estimate of drug-likeness (QED) is 0.597. The Hall–Kier alpha value is -2.15. The van der Waals surface area contributed by atoms with E-state index in [2.05, 4.69) is 54.4 Å². The molecule has 0 fully saturated rings. The van der Waals surface area contributed by atoms with Gasteiger partial charge < -0.3 is 0 Å². The van der Waals surface area contributed by atoms with Gasteiger partial charge in [0.25, 0.3) is 0 Å². The van der Waals surface area contributed by atoms with Crippen molar-refractivity contribution in [3.8, 4) is 11.1 Å². The van der Waals surface area contributed by atoms with E-state index in [1.54, 1.807) is 0 Å². The molecule has 82 valence electrons. The Morgan fingerprint density at radius 3 is 2.59 bits per heavy atom. The van der Waals surface area contributed by atoms with Crippen molar-refractivity contribution < 1.29 is 0 Å². The number of hydrogen-bond acceptors (Lipinski definition) is 1. The second-order valence-electron chi connectivity index (χ2n) is 4.28. The van der Waals surface area contributed by atoms with Gasteiger partial charge in [-0.05, 0) is 41.1 Å². The van der Waals surface area contributed by atoms with Crippen LogP contribution in [0.2, 0.25) is 0 Å². The number of hydrogen-bond donors (Lipinski definition) is 0. The van der Waals surface area contributed by atoms with Crippen molar-refractivity contribution in [3.63, 3.8) is 0 Å². The Kier molecular flexibility index (Phi) is 2.37. The van der Waals surface area contributed by atoms with Gasteiger partial charge in [0.1, 0.15) is 0 Å². The van der Waals surface area contributed by atoms with Gasteiger partial charge in [0.05, 0.1) is 0 Å². The molecule has 0 N–H and O–H groups in total. The van der Waals surface area contributed by atoms with E-state index in [4.69, 9.17) is 0 Å². The smallest absolute Gasteiger partial charge is 0.0346 e. The van der Waals surface area contributed by atoms with Gasteiger partial charge in [-0.15, -0.1) is 0 Å². The maximum atomic E-state index is 4.19. The van der Waals surface area contributed by atoms with Crippen LogP contribution in [0, 0.1) is 6.92 Å². The second kappa shape index (κ2) is 4.02. The van der Waals surface area contributed by atoms with Crippen molar-refractivity contribution in [3.05, 3.63) is 66.5 Å². The second-order valence-corrected chi connectivity index (χ2v) is 4.28. The molecule has 3 aromatic rings. The maximum Gasteiger partial charge on any atom is 0.0346 e. The molecule has 3 rings (SSSR count). The molecule has 1 nitrogen and oxygen atoms in total. The number of fused-ring (bicyclic) bond motifs is 1. The summed E-state index contributed by atoms with van der Waals surface area (Å²) >= 11 is 0. The van der Waals surface area contributed by atoms with Crippen LogP contribution in [-0.2, 0) is 0 Å². The summed E-state index contributed by atoms with van der Waals surface area (Å²) in [5.74, 6) is 0. The van der Waals surface area contributed by atoms with E-state index in [0.717, 1.165) is 0 Å². The average molecular weight is 219 g/mol. The highest BCUT2D eigenvalue weighted by Gasteiger charge is 2.04. The number of benzene rings is 2. The summed E-state index contributed by atoms with van der Waals surface area (Å²) < 4.78 is 0. The van der Waals surface area contributed by atoms with Gasteiger partial charge in [-0.1, -0.05) is 36.4 Å². The molecule has 0 bridgehead atoms. The molecule has 1 heteroatoms. The van der Waals surface area contributed by atoms with E-state index in [0.29, 0.717) is 0 Å². The molecule has 0 aliphatic carbocycles. The Morgan fingerprint density at radius 1 is 0.941 bits per heavy atom. The van der Waals surface area contributed by atoms with Crippen molar-refractivity contribution in [1.82, 2.24) is 4.98 Å². The fraction of sp³-hybridized carbons (Fsp3) is 0.0625. The summed E-state index contributed by atoms with van der Waals surface area (Å²) in [7, 11) is 0. The molecular formula is C16H13N. The maximum absolute atomic E-state index is 4.19. The first-order valence-electron chi connectivity index (χ1n) is 5.74. The molecule has 1 aromatic heterocycles. The first-order valence-corrected chi connectivity index (χ1v) is 5.74. The average Bonchev–Trinajstić information content (AvgIpc) is 2.39. The lowest BCUT2D eigenvalue weighted by Crippen LogP contribution is -1.84. The summed E-state index contributed by atoms with van der Waals surface area (Å²) in [6.07, 6.45) is 3.78. The summed E-state index contributed by atoms with van der Waals surface area (Å²) in [6, 6.07) is 17.0. The molecule has 0 amide bonds. The van der Waals surface area contributed by atoms with Gasteiger partial charge in [-0.3, -0.25) is 4.98 Å². The predicted octanol–water partition coefficient (Wildman–Crippen LogP) is 4.21. The number of pyridine rings is 1. The SMILES string of the molecule is Cc1cc(-c2ccccc2)c2ccncc2c1. The van der Waals surface area contributed by atoms with E-state index in [1.807, 2.05) is 18.5 Å². The van der Waals surface area contributed by atoms with Crippen LogP contribution >= 0.6 is 0 Å². The standard InChI is InChI=1S/C16H13N/c1-12-9-14-11-17-8-7-15(14)16(10-12)13-5-3-2-4-6-13/h2-11H,1H3. The lowest BCUT2D eigenvalue weighted by atomic mass is 9.97. The van der Waals surface area contributed by atoms with E-state index < -0.39 is 0 Å². The summed E-state index contributed by atoms with van der Waals surface area (Å²) in [5, 5.41) is 2.46. The highest BCUT2D eigenvalue weighted by molar-refractivity contribution is 5.96. The normalized spacial score (nSPS) is 10.6. The van der Waals surface area contributed by atoms with Crippen LogP contribution in [0.5, 0.6) is 0 Å². The third-order valence-corrected chi connectivity index (χ3v) is 2.98. The van der Waals surface area contributed by atoms with Gasteiger partial charge in [-0.25, -0.2) is 0 Å². The lowest BCUT2D eigenvalue weighted by molar-refractivity contribution is 1.36. The minimum atomic E-state index is 1.20. The van der Waals surface area contributed by atoms with Gasteiger partial charge in [-0.2, -0.15) is 0 Å². The number of nitrogens with zero attached hydrogens (tertiary/aromatic N) is 1. The zero-order valence-electron chi connectivity index (χ0n) is 9.72. The minimum absolute atomic E-state index is 1.20. The first kappa shape index (κ1) is 10.0. The summed E-state index contributed by atoms with van der Waals surface area (Å²) in [6.45, 7) is 2.12. The molecule has 0 spiro atoms. The van der Waals surface area contributed by atoms with Crippen LogP contribution < -0.4 is 0 Å². The van der Waals surface area contributed by atoms with E-state index in [9.17, 15) is 0 Å². The van der Waals surface area contributed by atoms with Crippen molar-refractivity contribution in [1.29, 1.82) is 0 Å². The van der Waals surface area contributed by atoms with Crippen molar-refractivity contribution in [2.24, 2.45) is 0 Å². The third-order valence-electron chi connectivity index (χ3n) is 2.98. The first-order chi connectivity index (χ1) is 8.34. The van der Waals surface area contributed by atoms with Crippen LogP contribution in [0.1, 0.15) is 5.56 Å². The molecule has 0 saturated heterocycles. The third kappa shape index (κ3) is 1.80. The van der Waals surface area contributed by atoms with Crippen LogP contribution in [-0.4, -0.2) is 4.98 Å². The number of aryl methyl sites for hydroxylation is 1. The molecule has 1 heterocycles. The summed E-state index contributed by atoms with van der Waals surface area (Å²) in [4.78, 5) is 4.19. The Balaban J connectivity index is 2.36. The Labute approximate surface area is 101 Å². The van der Waals surface area contributed by atoms with Crippen molar-refractivity contribution in [2.75, 3.05) is 0 Å². The lowest BCUT2D eigenvalue weighted by Gasteiger charge is -2.08. The Bertz CT molecular complexity index is 657. The van der Waals surface area contributed by atoms with Gasteiger partial charge in [0.15, 0.2) is 0 Å². The zero-order valence-corrected chi connectivity index (χ0v) is 9.72. The molecule has 0 atom stereocenters.